The number of thioether (sulfide) groups is 1. The Labute approximate surface area is 169 Å². The number of hydrogen-bond donors (Lipinski definition) is 0. The Morgan fingerprint density at radius 1 is 0.893 bits per heavy atom. The minimum absolute atomic E-state index is 0.319. The van der Waals surface area contributed by atoms with Crippen LogP contribution in [0.25, 0.3) is 5.57 Å². The molecule has 28 heavy (non-hydrogen) atoms. The van der Waals surface area contributed by atoms with Crippen molar-refractivity contribution in [3.63, 3.8) is 0 Å². The molecule has 2 aromatic rings. The summed E-state index contributed by atoms with van der Waals surface area (Å²) in [6.07, 6.45) is 0. The normalized spacial score (nSPS) is 14.1. The quantitative estimate of drug-likeness (QED) is 0.678. The summed E-state index contributed by atoms with van der Waals surface area (Å²) in [7, 11) is 3.06. The molecule has 0 atom stereocenters. The van der Waals surface area contributed by atoms with Crippen LogP contribution < -0.4 is 14.4 Å². The second-order valence-corrected chi connectivity index (χ2v) is 7.73. The summed E-state index contributed by atoms with van der Waals surface area (Å²) >= 11 is 1.39. The summed E-state index contributed by atoms with van der Waals surface area (Å²) in [5, 5.41) is 0. The van der Waals surface area contributed by atoms with E-state index in [2.05, 4.69) is 0 Å². The molecule has 146 valence electrons. The molecule has 0 aromatic heterocycles. The van der Waals surface area contributed by atoms with Gasteiger partial charge in [-0.15, -0.1) is 11.8 Å². The van der Waals surface area contributed by atoms with E-state index in [0.29, 0.717) is 33.4 Å². The van der Waals surface area contributed by atoms with E-state index in [-0.39, 0.29) is 11.8 Å². The van der Waals surface area contributed by atoms with Crippen LogP contribution in [0.1, 0.15) is 23.6 Å². The molecule has 0 aliphatic carbocycles. The number of benzene rings is 2. The number of nitrogens with zero attached hydrogens (tertiary/aromatic N) is 1. The van der Waals surface area contributed by atoms with Crippen molar-refractivity contribution in [3.05, 3.63) is 58.0 Å². The van der Waals surface area contributed by atoms with E-state index >= 15 is 0 Å². The van der Waals surface area contributed by atoms with Gasteiger partial charge in [-0.25, -0.2) is 4.90 Å². The molecule has 6 heteroatoms. The molecule has 0 saturated heterocycles. The van der Waals surface area contributed by atoms with Crippen molar-refractivity contribution in [2.24, 2.45) is 0 Å². The van der Waals surface area contributed by atoms with Crippen molar-refractivity contribution in [1.29, 1.82) is 0 Å². The lowest BCUT2D eigenvalue weighted by atomic mass is 10.0. The first-order valence-electron chi connectivity index (χ1n) is 8.97. The summed E-state index contributed by atoms with van der Waals surface area (Å²) in [4.78, 5) is 28.2. The van der Waals surface area contributed by atoms with Crippen molar-refractivity contribution in [3.8, 4) is 11.5 Å². The zero-order valence-corrected chi connectivity index (χ0v) is 17.5. The Morgan fingerprint density at radius 3 is 2.07 bits per heavy atom. The van der Waals surface area contributed by atoms with E-state index < -0.39 is 0 Å². The maximum absolute atomic E-state index is 13.3. The van der Waals surface area contributed by atoms with Crippen molar-refractivity contribution < 1.29 is 19.1 Å². The molecule has 0 bridgehead atoms. The molecule has 1 heterocycles. The summed E-state index contributed by atoms with van der Waals surface area (Å²) in [5.41, 5.74) is 3.85. The lowest BCUT2D eigenvalue weighted by molar-refractivity contribution is -0.119. The molecule has 0 fully saturated rings. The van der Waals surface area contributed by atoms with Crippen LogP contribution in [0, 0.1) is 13.8 Å². The zero-order valence-electron chi connectivity index (χ0n) is 16.7. The molecule has 0 saturated carbocycles. The van der Waals surface area contributed by atoms with Crippen LogP contribution in [0.5, 0.6) is 11.5 Å². The maximum Gasteiger partial charge on any atom is 0.272 e. The van der Waals surface area contributed by atoms with Gasteiger partial charge in [0.1, 0.15) is 11.5 Å². The molecule has 2 amide bonds. The van der Waals surface area contributed by atoms with Crippen molar-refractivity contribution >= 4 is 34.8 Å². The zero-order chi connectivity index (χ0) is 20.4. The number of hydrogen-bond acceptors (Lipinski definition) is 5. The maximum atomic E-state index is 13.3. The predicted octanol–water partition coefficient (Wildman–Crippen LogP) is 4.36. The molecule has 3 rings (SSSR count). The number of ether oxygens (including phenoxy) is 2. The first-order chi connectivity index (χ1) is 13.4. The van der Waals surface area contributed by atoms with Gasteiger partial charge >= 0.3 is 0 Å². The largest absolute Gasteiger partial charge is 0.497 e. The molecule has 1 aliphatic rings. The number of anilines is 1. The number of methoxy groups -OCH3 is 2. The van der Waals surface area contributed by atoms with Gasteiger partial charge < -0.3 is 9.47 Å². The smallest absolute Gasteiger partial charge is 0.272 e. The van der Waals surface area contributed by atoms with Crippen LogP contribution in [0.3, 0.4) is 0 Å². The Balaban J connectivity index is 2.12. The van der Waals surface area contributed by atoms with Crippen LogP contribution in [-0.4, -0.2) is 31.8 Å². The molecule has 0 spiro atoms. The number of carbonyl (C=O) groups excluding carboxylic acids is 2. The van der Waals surface area contributed by atoms with Crippen molar-refractivity contribution in [2.45, 2.75) is 20.8 Å². The third kappa shape index (κ3) is 3.52. The highest BCUT2D eigenvalue weighted by Crippen LogP contribution is 2.40. The first kappa shape index (κ1) is 20.0. The molecule has 5 nitrogen and oxygen atoms in total. The van der Waals surface area contributed by atoms with Crippen LogP contribution in [0.2, 0.25) is 0 Å². The van der Waals surface area contributed by atoms with Crippen LogP contribution in [0.15, 0.2) is 41.3 Å². The first-order valence-corrected chi connectivity index (χ1v) is 9.96. The van der Waals surface area contributed by atoms with Gasteiger partial charge in [-0.05, 0) is 36.3 Å². The number of imide groups is 1. The Hall–Kier alpha value is -2.73. The van der Waals surface area contributed by atoms with Gasteiger partial charge in [-0.3, -0.25) is 9.59 Å². The van der Waals surface area contributed by atoms with Gasteiger partial charge in [0.05, 0.1) is 30.4 Å². The molecular weight excluding hydrogens is 374 g/mol. The SMILES string of the molecule is CCSC1=C(c2ccc(C)c(C)c2)C(=O)N(c2cc(OC)cc(OC)c2)C1=O. The fraction of sp³-hybridized carbons (Fsp3) is 0.273. The Bertz CT molecular complexity index is 958. The molecule has 1 aliphatic heterocycles. The van der Waals surface area contributed by atoms with Crippen LogP contribution in [-0.2, 0) is 9.59 Å². The lowest BCUT2D eigenvalue weighted by Crippen LogP contribution is -2.31. The second kappa shape index (κ2) is 8.10. The number of carbonyl (C=O) groups is 2. The van der Waals surface area contributed by atoms with E-state index in [4.69, 9.17) is 9.47 Å². The van der Waals surface area contributed by atoms with Crippen LogP contribution >= 0.6 is 11.8 Å². The van der Waals surface area contributed by atoms with E-state index in [1.807, 2.05) is 39.0 Å². The standard InChI is InChI=1S/C22H23NO4S/c1-6-28-20-19(15-8-7-13(2)14(3)9-15)21(24)23(22(20)25)16-10-17(26-4)12-18(11-16)27-5/h7-12H,6H2,1-5H3. The fourth-order valence-corrected chi connectivity index (χ4v) is 3.95. The van der Waals surface area contributed by atoms with Gasteiger partial charge in [0, 0.05) is 18.2 Å². The molecule has 2 aromatic carbocycles. The summed E-state index contributed by atoms with van der Waals surface area (Å²) in [6, 6.07) is 10.9. The van der Waals surface area contributed by atoms with E-state index in [1.54, 1.807) is 18.2 Å². The highest BCUT2D eigenvalue weighted by Gasteiger charge is 2.40. The van der Waals surface area contributed by atoms with Gasteiger partial charge in [0.25, 0.3) is 11.8 Å². The van der Waals surface area contributed by atoms with Gasteiger partial charge in [0.15, 0.2) is 0 Å². The molecule has 0 radical (unpaired) electrons. The average molecular weight is 397 g/mol. The Morgan fingerprint density at radius 2 is 1.54 bits per heavy atom. The van der Waals surface area contributed by atoms with E-state index in [0.717, 1.165) is 16.7 Å². The third-order valence-corrected chi connectivity index (χ3v) is 5.68. The monoisotopic (exact) mass is 397 g/mol. The van der Waals surface area contributed by atoms with Gasteiger partial charge in [-0.1, -0.05) is 25.1 Å². The molecular formula is C22H23NO4S. The minimum atomic E-state index is -0.334. The highest BCUT2D eigenvalue weighted by molar-refractivity contribution is 8.04. The number of aryl methyl sites for hydroxylation is 2. The van der Waals surface area contributed by atoms with Crippen molar-refractivity contribution in [1.82, 2.24) is 0 Å². The second-order valence-electron chi connectivity index (χ2n) is 6.45. The van der Waals surface area contributed by atoms with Gasteiger partial charge in [-0.2, -0.15) is 0 Å². The van der Waals surface area contributed by atoms with Gasteiger partial charge in [0.2, 0.25) is 0 Å². The summed E-state index contributed by atoms with van der Waals surface area (Å²) in [6.45, 7) is 5.98. The molecule has 0 unspecified atom stereocenters. The fourth-order valence-electron chi connectivity index (χ4n) is 3.10. The minimum Gasteiger partial charge on any atom is -0.497 e. The third-order valence-electron chi connectivity index (χ3n) is 4.72. The summed E-state index contributed by atoms with van der Waals surface area (Å²) in [5.74, 6) is 1.07. The Kier molecular flexibility index (Phi) is 5.79. The lowest BCUT2D eigenvalue weighted by Gasteiger charge is -2.17. The topological polar surface area (TPSA) is 55.8 Å². The average Bonchev–Trinajstić information content (AvgIpc) is 2.93. The summed E-state index contributed by atoms with van der Waals surface area (Å²) < 4.78 is 10.6. The predicted molar refractivity (Wildman–Crippen MR) is 113 cm³/mol. The van der Waals surface area contributed by atoms with Crippen molar-refractivity contribution in [2.75, 3.05) is 24.9 Å². The molecule has 0 N–H and O–H groups in total. The van der Waals surface area contributed by atoms with E-state index in [9.17, 15) is 9.59 Å². The number of rotatable bonds is 6. The highest BCUT2D eigenvalue weighted by atomic mass is 32.2. The van der Waals surface area contributed by atoms with E-state index in [1.165, 1.54) is 30.9 Å². The van der Waals surface area contributed by atoms with Crippen LogP contribution in [0.4, 0.5) is 5.69 Å². The number of amides is 2.